The van der Waals surface area contributed by atoms with E-state index in [1.165, 1.54) is 4.31 Å². The molecular formula is C18H26N4O6S. The lowest BCUT2D eigenvalue weighted by atomic mass is 10.0. The quantitative estimate of drug-likeness (QED) is 0.661. The number of sulfonamides is 1. The highest BCUT2D eigenvalue weighted by Gasteiger charge is 2.48. The van der Waals surface area contributed by atoms with Gasteiger partial charge in [0.25, 0.3) is 0 Å². The molecule has 10 nitrogen and oxygen atoms in total. The number of ether oxygens (including phenoxy) is 1. The zero-order chi connectivity index (χ0) is 20.8. The van der Waals surface area contributed by atoms with Crippen molar-refractivity contribution in [2.75, 3.05) is 32.8 Å². The van der Waals surface area contributed by atoms with E-state index in [-0.39, 0.29) is 28.7 Å². The third-order valence-corrected chi connectivity index (χ3v) is 8.19. The lowest BCUT2D eigenvalue weighted by molar-refractivity contribution is -0.136. The first kappa shape index (κ1) is 20.3. The minimum atomic E-state index is -3.86. The summed E-state index contributed by atoms with van der Waals surface area (Å²) >= 11 is 0. The normalized spacial score (nSPS) is 26.0. The molecule has 1 aromatic rings. The van der Waals surface area contributed by atoms with Gasteiger partial charge in [-0.05, 0) is 32.6 Å². The Hall–Kier alpha value is -1.98. The maximum atomic E-state index is 13.2. The van der Waals surface area contributed by atoms with Crippen LogP contribution < -0.4 is 0 Å². The van der Waals surface area contributed by atoms with Crippen LogP contribution in [0.25, 0.3) is 0 Å². The van der Waals surface area contributed by atoms with E-state index in [9.17, 15) is 18.4 Å². The Morgan fingerprint density at radius 3 is 2.48 bits per heavy atom. The predicted molar refractivity (Wildman–Crippen MR) is 100 cm³/mol. The molecule has 1 unspecified atom stereocenters. The van der Waals surface area contributed by atoms with Gasteiger partial charge in [0.1, 0.15) is 18.3 Å². The van der Waals surface area contributed by atoms with E-state index in [0.717, 1.165) is 0 Å². The molecule has 3 fully saturated rings. The first-order valence-electron chi connectivity index (χ1n) is 9.97. The van der Waals surface area contributed by atoms with Crippen LogP contribution in [-0.2, 0) is 24.1 Å². The fourth-order valence-electron chi connectivity index (χ4n) is 4.58. The van der Waals surface area contributed by atoms with Crippen LogP contribution in [0.5, 0.6) is 0 Å². The van der Waals surface area contributed by atoms with Crippen LogP contribution in [0, 0.1) is 13.8 Å². The van der Waals surface area contributed by atoms with Gasteiger partial charge >= 0.3 is 6.09 Å². The number of aryl methyl sites for hydroxylation is 2. The molecule has 0 saturated carbocycles. The van der Waals surface area contributed by atoms with Crippen LogP contribution in [0.2, 0.25) is 0 Å². The number of likely N-dealkylation sites (tertiary alicyclic amines) is 1. The number of carbonyl (C=O) groups is 2. The minimum absolute atomic E-state index is 0.0588. The molecule has 29 heavy (non-hydrogen) atoms. The van der Waals surface area contributed by atoms with Crippen molar-refractivity contribution in [2.24, 2.45) is 0 Å². The van der Waals surface area contributed by atoms with E-state index in [4.69, 9.17) is 9.26 Å². The van der Waals surface area contributed by atoms with Crippen molar-refractivity contribution in [3.05, 3.63) is 11.5 Å². The summed E-state index contributed by atoms with van der Waals surface area (Å²) in [7, 11) is -3.86. The summed E-state index contributed by atoms with van der Waals surface area (Å²) < 4.78 is 37.7. The summed E-state index contributed by atoms with van der Waals surface area (Å²) in [6, 6.07) is -0.637. The van der Waals surface area contributed by atoms with Crippen LogP contribution in [0.3, 0.4) is 0 Å². The number of rotatable bonds is 4. The highest BCUT2D eigenvalue weighted by molar-refractivity contribution is 7.95. The molecule has 0 aliphatic carbocycles. The maximum absolute atomic E-state index is 13.2. The number of hydrogen-bond donors (Lipinski definition) is 0. The van der Waals surface area contributed by atoms with Crippen molar-refractivity contribution in [3.63, 3.8) is 0 Å². The molecule has 2 atom stereocenters. The molecule has 3 aliphatic rings. The third kappa shape index (κ3) is 3.55. The topological polar surface area (TPSA) is 119 Å². The Balaban J connectivity index is 1.45. The molecule has 11 heteroatoms. The zero-order valence-corrected chi connectivity index (χ0v) is 17.5. The average Bonchev–Trinajstić information content (AvgIpc) is 3.42. The summed E-state index contributed by atoms with van der Waals surface area (Å²) in [4.78, 5) is 28.4. The second-order valence-corrected chi connectivity index (χ2v) is 9.62. The summed E-state index contributed by atoms with van der Waals surface area (Å²) in [5, 5.41) is 3.75. The summed E-state index contributed by atoms with van der Waals surface area (Å²) in [5.74, 6) is 0.0687. The van der Waals surface area contributed by atoms with Crippen molar-refractivity contribution >= 4 is 22.4 Å². The Labute approximate surface area is 170 Å². The second kappa shape index (κ2) is 7.69. The number of piperidine rings is 1. The largest absolute Gasteiger partial charge is 0.593 e. The van der Waals surface area contributed by atoms with E-state index in [2.05, 4.69) is 5.16 Å². The Morgan fingerprint density at radius 1 is 1.17 bits per heavy atom. The van der Waals surface area contributed by atoms with Gasteiger partial charge < -0.3 is 23.6 Å². The molecular weight excluding hydrogens is 400 g/mol. The van der Waals surface area contributed by atoms with Gasteiger partial charge in [0, 0.05) is 32.6 Å². The highest BCUT2D eigenvalue weighted by Crippen LogP contribution is 2.34. The molecule has 4 heterocycles. The van der Waals surface area contributed by atoms with Gasteiger partial charge in [-0.1, -0.05) is 9.37 Å². The fourth-order valence-corrected chi connectivity index (χ4v) is 6.53. The Kier molecular flexibility index (Phi) is 5.38. The molecule has 3 saturated heterocycles. The Bertz CT molecular complexity index is 830. The average molecular weight is 426 g/mol. The highest BCUT2D eigenvalue weighted by atomic mass is 32.3. The third-order valence-electron chi connectivity index (χ3n) is 6.03. The molecule has 0 bridgehead atoms. The smallest absolute Gasteiger partial charge is 0.410 e. The van der Waals surface area contributed by atoms with E-state index < -0.39 is 16.4 Å². The van der Waals surface area contributed by atoms with Crippen LogP contribution in [0.15, 0.2) is 9.42 Å². The standard InChI is InChI=1S/C18H26N4O6S/c1-12-16(13(2)28-19-12)29(25,26)22-7-3-4-15(22)17(23)20-8-5-14(6-9-20)21-10-11-27-18(21)24/h14-15H,3-11H2,1-2H3/t15-/m0/s1. The molecule has 2 amide bonds. The molecule has 1 aromatic heterocycles. The van der Waals surface area contributed by atoms with Crippen molar-refractivity contribution in [2.45, 2.75) is 56.5 Å². The number of nitrogens with zero attached hydrogens (tertiary/aromatic N) is 4. The van der Waals surface area contributed by atoms with Gasteiger partial charge in [-0.25, -0.2) is 4.79 Å². The van der Waals surface area contributed by atoms with Gasteiger partial charge in [0.05, 0.1) is 6.54 Å². The van der Waals surface area contributed by atoms with Crippen LogP contribution in [0.1, 0.15) is 37.1 Å². The lowest BCUT2D eigenvalue weighted by Gasteiger charge is -2.37. The maximum Gasteiger partial charge on any atom is 0.410 e. The van der Waals surface area contributed by atoms with E-state index in [1.807, 2.05) is 0 Å². The fraction of sp³-hybridized carbons (Fsp3) is 0.722. The molecule has 0 N–H and O–H groups in total. The molecule has 160 valence electrons. The van der Waals surface area contributed by atoms with Crippen molar-refractivity contribution in [3.8, 4) is 0 Å². The number of amides is 2. The van der Waals surface area contributed by atoms with Gasteiger partial charge in [0.15, 0.2) is 16.2 Å². The molecule has 0 aromatic carbocycles. The first-order valence-corrected chi connectivity index (χ1v) is 11.4. The van der Waals surface area contributed by atoms with Gasteiger partial charge in [0.2, 0.25) is 10.8 Å². The summed E-state index contributed by atoms with van der Waals surface area (Å²) in [6.07, 6.45) is 2.19. The van der Waals surface area contributed by atoms with Gasteiger partial charge in [-0.15, -0.1) is 4.31 Å². The zero-order valence-electron chi connectivity index (χ0n) is 16.7. The lowest BCUT2D eigenvalue weighted by Crippen LogP contribution is -2.53. The molecule has 0 spiro atoms. The van der Waals surface area contributed by atoms with Gasteiger partial charge in [-0.3, -0.25) is 4.79 Å². The Morgan fingerprint density at radius 2 is 1.90 bits per heavy atom. The second-order valence-electron chi connectivity index (χ2n) is 7.79. The van der Waals surface area contributed by atoms with Crippen molar-refractivity contribution in [1.82, 2.24) is 19.3 Å². The van der Waals surface area contributed by atoms with E-state index >= 15 is 0 Å². The molecule has 4 rings (SSSR count). The minimum Gasteiger partial charge on any atom is -0.593 e. The van der Waals surface area contributed by atoms with Crippen LogP contribution in [-0.4, -0.2) is 80.7 Å². The van der Waals surface area contributed by atoms with Crippen LogP contribution in [0.4, 0.5) is 4.79 Å². The number of carbonyl (C=O) groups excluding carboxylic acids is 2. The first-order chi connectivity index (χ1) is 13.8. The van der Waals surface area contributed by atoms with E-state index in [0.29, 0.717) is 64.2 Å². The van der Waals surface area contributed by atoms with Crippen LogP contribution >= 0.6 is 0 Å². The monoisotopic (exact) mass is 426 g/mol. The van der Waals surface area contributed by atoms with Gasteiger partial charge in [-0.2, -0.15) is 0 Å². The van der Waals surface area contributed by atoms with Crippen molar-refractivity contribution < 1.29 is 27.6 Å². The molecule has 3 aliphatic heterocycles. The number of aromatic nitrogens is 1. The van der Waals surface area contributed by atoms with Crippen molar-refractivity contribution in [1.29, 1.82) is 0 Å². The molecule has 0 radical (unpaired) electrons. The predicted octanol–water partition coefficient (Wildman–Crippen LogP) is 1.10. The number of cyclic esters (lactones) is 1. The van der Waals surface area contributed by atoms with E-state index in [1.54, 1.807) is 23.6 Å². The SMILES string of the molecule is Cc1noc(C)c1[S+](=O)([O-])N1CCC[C@H]1C(=O)N1CCC(N2CCOC2=O)CC1. The number of hydrogen-bond acceptors (Lipinski definition) is 7. The summed E-state index contributed by atoms with van der Waals surface area (Å²) in [5.41, 5.74) is 0.305. The summed E-state index contributed by atoms with van der Waals surface area (Å²) in [6.45, 7) is 5.46.